The molecule has 200 valence electrons. The molecule has 2 saturated carbocycles. The van der Waals surface area contributed by atoms with E-state index in [9.17, 15) is 9.59 Å². The van der Waals surface area contributed by atoms with Gasteiger partial charge in [-0.25, -0.2) is 4.98 Å². The smallest absolute Gasteiger partial charge is 0.251 e. The Kier molecular flexibility index (Phi) is 9.52. The third kappa shape index (κ3) is 7.00. The molecule has 0 saturated heterocycles. The second-order valence-corrected chi connectivity index (χ2v) is 9.98. The summed E-state index contributed by atoms with van der Waals surface area (Å²) in [6.07, 6.45) is 15.8. The molecule has 2 aliphatic rings. The van der Waals surface area contributed by atoms with E-state index in [4.69, 9.17) is 4.98 Å². The van der Waals surface area contributed by atoms with Gasteiger partial charge in [-0.2, -0.15) is 0 Å². The molecule has 2 amide bonds. The van der Waals surface area contributed by atoms with Gasteiger partial charge in [-0.15, -0.1) is 0 Å². The molecule has 2 atom stereocenters. The lowest BCUT2D eigenvalue weighted by Gasteiger charge is -2.22. The number of hydrogen-bond acceptors (Lipinski definition) is 3. The predicted octanol–water partition coefficient (Wildman–Crippen LogP) is 7.42. The highest BCUT2D eigenvalue weighted by atomic mass is 16.2. The Balaban J connectivity index is 0.00000164. The van der Waals surface area contributed by atoms with Crippen LogP contribution in [0.5, 0.6) is 0 Å². The number of nitrogens with one attached hydrogen (secondary N) is 3. The molecule has 1 aromatic heterocycles. The monoisotopic (exact) mass is 512 g/mol. The predicted molar refractivity (Wildman–Crippen MR) is 156 cm³/mol. The molecular weight excluding hydrogens is 472 g/mol. The number of aromatic amines is 1. The fourth-order valence-corrected chi connectivity index (χ4v) is 5.02. The number of rotatable bonds is 8. The minimum atomic E-state index is -0.0215. The van der Waals surface area contributed by atoms with Crippen molar-refractivity contribution >= 4 is 28.5 Å². The number of aromatic nitrogens is 2. The highest BCUT2D eigenvalue weighted by Crippen LogP contribution is 2.42. The third-order valence-corrected chi connectivity index (χ3v) is 7.25. The number of benzene rings is 2. The van der Waals surface area contributed by atoms with Crippen molar-refractivity contribution in [2.24, 2.45) is 11.8 Å². The number of nitrogens with zero attached hydrogens (tertiary/aromatic N) is 1. The Labute approximate surface area is 226 Å². The molecule has 0 bridgehead atoms. The Bertz CT molecular complexity index is 1280. The molecule has 6 heteroatoms. The van der Waals surface area contributed by atoms with E-state index >= 15 is 0 Å². The van der Waals surface area contributed by atoms with Crippen molar-refractivity contribution in [2.75, 3.05) is 5.32 Å². The summed E-state index contributed by atoms with van der Waals surface area (Å²) in [4.78, 5) is 33.3. The van der Waals surface area contributed by atoms with Crippen molar-refractivity contribution < 1.29 is 9.59 Å². The standard InChI is InChI=1S/C30H34N4O2.C2H6/c1-2-3-4-6-9-21-18-25(21)30(36)32-24-15-12-20(13-16-24)28-33-26-17-14-22(19-27(26)34-28)29(35)31-23-10-7-5-8-11-23;1-2/h2-4,6,12-17,19,21,23,25H,5,7-11,18H2,1H3,(H,31,35)(H,32,36)(H,33,34);1-2H3/b3-2-,6-4-;. The van der Waals surface area contributed by atoms with Crippen LogP contribution < -0.4 is 10.6 Å². The Morgan fingerprint density at radius 2 is 1.79 bits per heavy atom. The number of anilines is 1. The van der Waals surface area contributed by atoms with Gasteiger partial charge in [0.05, 0.1) is 11.0 Å². The van der Waals surface area contributed by atoms with E-state index in [-0.39, 0.29) is 23.8 Å². The zero-order chi connectivity index (χ0) is 26.9. The number of fused-ring (bicyclic) bond motifs is 1. The molecule has 3 N–H and O–H groups in total. The first-order valence-electron chi connectivity index (χ1n) is 14.1. The maximum absolute atomic E-state index is 12.7. The molecule has 2 aliphatic carbocycles. The fourth-order valence-electron chi connectivity index (χ4n) is 5.02. The molecule has 6 nitrogen and oxygen atoms in total. The largest absolute Gasteiger partial charge is 0.349 e. The van der Waals surface area contributed by atoms with Crippen LogP contribution in [0.1, 0.15) is 76.1 Å². The summed E-state index contributed by atoms with van der Waals surface area (Å²) in [5, 5.41) is 6.22. The normalized spacial score (nSPS) is 19.3. The first-order valence-corrected chi connectivity index (χ1v) is 14.1. The molecule has 2 aromatic carbocycles. The van der Waals surface area contributed by atoms with Crippen LogP contribution in [0.25, 0.3) is 22.4 Å². The van der Waals surface area contributed by atoms with Gasteiger partial charge in [-0.1, -0.05) is 57.4 Å². The number of amides is 2. The number of carbonyl (C=O) groups is 2. The minimum Gasteiger partial charge on any atom is -0.349 e. The molecule has 1 heterocycles. The zero-order valence-corrected chi connectivity index (χ0v) is 22.8. The maximum atomic E-state index is 12.7. The van der Waals surface area contributed by atoms with E-state index in [2.05, 4.69) is 21.7 Å². The van der Waals surface area contributed by atoms with Crippen LogP contribution in [0.3, 0.4) is 0 Å². The van der Waals surface area contributed by atoms with Crippen molar-refractivity contribution in [1.29, 1.82) is 0 Å². The molecule has 2 fully saturated rings. The Morgan fingerprint density at radius 1 is 1.03 bits per heavy atom. The van der Waals surface area contributed by atoms with Gasteiger partial charge in [-0.05, 0) is 81.0 Å². The summed E-state index contributed by atoms with van der Waals surface area (Å²) >= 11 is 0. The average molecular weight is 513 g/mol. The van der Waals surface area contributed by atoms with Gasteiger partial charge >= 0.3 is 0 Å². The van der Waals surface area contributed by atoms with Gasteiger partial charge in [0, 0.05) is 28.8 Å². The first-order chi connectivity index (χ1) is 18.6. The number of carbonyl (C=O) groups excluding carboxylic acids is 2. The van der Waals surface area contributed by atoms with E-state index in [1.54, 1.807) is 0 Å². The second-order valence-electron chi connectivity index (χ2n) is 9.98. The van der Waals surface area contributed by atoms with E-state index < -0.39 is 0 Å². The highest BCUT2D eigenvalue weighted by molar-refractivity contribution is 5.98. The maximum Gasteiger partial charge on any atom is 0.251 e. The lowest BCUT2D eigenvalue weighted by molar-refractivity contribution is -0.117. The van der Waals surface area contributed by atoms with Gasteiger partial charge in [0.25, 0.3) is 5.91 Å². The molecule has 38 heavy (non-hydrogen) atoms. The molecule has 0 spiro atoms. The lowest BCUT2D eigenvalue weighted by Crippen LogP contribution is -2.36. The molecule has 3 aromatic rings. The SMILES string of the molecule is C/C=C\C=C/CC1CC1C(=O)Nc1ccc(-c2nc3ccc(C(=O)NC4CCCCC4)cc3[nH]2)cc1.CC. The van der Waals surface area contributed by atoms with Gasteiger partial charge in [-0.3, -0.25) is 9.59 Å². The Morgan fingerprint density at radius 3 is 2.53 bits per heavy atom. The number of H-pyrrole nitrogens is 1. The van der Waals surface area contributed by atoms with Crippen LogP contribution >= 0.6 is 0 Å². The summed E-state index contributed by atoms with van der Waals surface area (Å²) in [5.41, 5.74) is 4.02. The number of hydrogen-bond donors (Lipinski definition) is 3. The van der Waals surface area contributed by atoms with Crippen LogP contribution in [0, 0.1) is 11.8 Å². The minimum absolute atomic E-state index is 0.0215. The summed E-state index contributed by atoms with van der Waals surface area (Å²) < 4.78 is 0. The van der Waals surface area contributed by atoms with Crippen LogP contribution in [-0.4, -0.2) is 27.8 Å². The van der Waals surface area contributed by atoms with E-state index in [0.717, 1.165) is 53.8 Å². The fraction of sp³-hybridized carbons (Fsp3) is 0.406. The summed E-state index contributed by atoms with van der Waals surface area (Å²) in [6.45, 7) is 5.99. The summed E-state index contributed by atoms with van der Waals surface area (Å²) in [6, 6.07) is 13.6. The molecular formula is C32H40N4O2. The lowest BCUT2D eigenvalue weighted by atomic mass is 9.95. The highest BCUT2D eigenvalue weighted by Gasteiger charge is 2.41. The Hall–Kier alpha value is -3.67. The van der Waals surface area contributed by atoms with Crippen molar-refractivity contribution in [1.82, 2.24) is 15.3 Å². The van der Waals surface area contributed by atoms with Crippen LogP contribution in [0.15, 0.2) is 66.8 Å². The molecule has 0 aliphatic heterocycles. The zero-order valence-electron chi connectivity index (χ0n) is 22.8. The van der Waals surface area contributed by atoms with Crippen molar-refractivity contribution in [3.8, 4) is 11.4 Å². The second kappa shape index (κ2) is 13.2. The van der Waals surface area contributed by atoms with Crippen molar-refractivity contribution in [3.05, 3.63) is 72.3 Å². The van der Waals surface area contributed by atoms with Crippen molar-refractivity contribution in [2.45, 2.75) is 71.8 Å². The van der Waals surface area contributed by atoms with E-state index in [1.165, 1.54) is 19.3 Å². The molecule has 5 rings (SSSR count). The topological polar surface area (TPSA) is 86.9 Å². The average Bonchev–Trinajstić information content (AvgIpc) is 3.61. The third-order valence-electron chi connectivity index (χ3n) is 7.25. The van der Waals surface area contributed by atoms with Crippen LogP contribution in [0.2, 0.25) is 0 Å². The van der Waals surface area contributed by atoms with Crippen LogP contribution in [0.4, 0.5) is 5.69 Å². The van der Waals surface area contributed by atoms with Gasteiger partial charge in [0.2, 0.25) is 5.91 Å². The summed E-state index contributed by atoms with van der Waals surface area (Å²) in [7, 11) is 0. The van der Waals surface area contributed by atoms with E-state index in [0.29, 0.717) is 11.5 Å². The quantitative estimate of drug-likeness (QED) is 0.275. The van der Waals surface area contributed by atoms with Gasteiger partial charge < -0.3 is 15.6 Å². The van der Waals surface area contributed by atoms with Crippen molar-refractivity contribution in [3.63, 3.8) is 0 Å². The van der Waals surface area contributed by atoms with E-state index in [1.807, 2.05) is 81.5 Å². The number of imidazole rings is 1. The van der Waals surface area contributed by atoms with Gasteiger partial charge in [0.1, 0.15) is 5.82 Å². The number of allylic oxidation sites excluding steroid dienone is 4. The van der Waals surface area contributed by atoms with Gasteiger partial charge in [0.15, 0.2) is 0 Å². The molecule has 2 unspecified atom stereocenters. The molecule has 0 radical (unpaired) electrons. The first kappa shape index (κ1) is 27.4. The van der Waals surface area contributed by atoms with Crippen LogP contribution in [-0.2, 0) is 4.79 Å². The summed E-state index contributed by atoms with van der Waals surface area (Å²) in [5.74, 6) is 1.35.